The number of imide groups is 1. The van der Waals surface area contributed by atoms with Gasteiger partial charge in [-0.3, -0.25) is 14.5 Å². The maximum absolute atomic E-state index is 13.1. The van der Waals surface area contributed by atoms with Gasteiger partial charge in [-0.15, -0.1) is 11.8 Å². The molecule has 1 aromatic heterocycles. The van der Waals surface area contributed by atoms with Crippen molar-refractivity contribution in [1.29, 1.82) is 0 Å². The summed E-state index contributed by atoms with van der Waals surface area (Å²) in [6, 6.07) is 8.76. The third-order valence-corrected chi connectivity index (χ3v) is 4.54. The van der Waals surface area contributed by atoms with Crippen molar-refractivity contribution in [3.05, 3.63) is 64.7 Å². The van der Waals surface area contributed by atoms with Crippen molar-refractivity contribution < 1.29 is 23.5 Å². The summed E-state index contributed by atoms with van der Waals surface area (Å²) < 4.78 is 18.4. The first-order valence-corrected chi connectivity index (χ1v) is 8.23. The summed E-state index contributed by atoms with van der Waals surface area (Å²) >= 11 is 1.11. The molecular formula is C17H14FNO4S. The van der Waals surface area contributed by atoms with Crippen LogP contribution < -0.4 is 0 Å². The molecular weight excluding hydrogens is 333 g/mol. The van der Waals surface area contributed by atoms with Crippen molar-refractivity contribution in [3.8, 4) is 0 Å². The van der Waals surface area contributed by atoms with Crippen molar-refractivity contribution in [2.45, 2.75) is 6.54 Å². The first-order valence-electron chi connectivity index (χ1n) is 7.24. The van der Waals surface area contributed by atoms with E-state index in [0.29, 0.717) is 11.3 Å². The van der Waals surface area contributed by atoms with Crippen LogP contribution in [0.2, 0.25) is 0 Å². The molecule has 5 nitrogen and oxygen atoms in total. The molecule has 0 saturated heterocycles. The number of aliphatic hydroxyl groups excluding tert-OH is 1. The zero-order valence-electron chi connectivity index (χ0n) is 12.6. The molecule has 24 heavy (non-hydrogen) atoms. The van der Waals surface area contributed by atoms with Gasteiger partial charge in [0.25, 0.3) is 11.8 Å². The van der Waals surface area contributed by atoms with Gasteiger partial charge in [-0.05, 0) is 29.8 Å². The molecule has 1 aliphatic rings. The second-order valence-electron chi connectivity index (χ2n) is 5.06. The standard InChI is InChI=1S/C17H14FNO4S/c18-12-5-3-11(4-6-12)14-15(24-9-7-20)17(22)19(16(14)21)10-13-2-1-8-23-13/h1-6,8,20H,7,9-10H2. The Bertz CT molecular complexity index is 783. The summed E-state index contributed by atoms with van der Waals surface area (Å²) in [5, 5.41) is 9.03. The Labute approximate surface area is 141 Å². The Balaban J connectivity index is 1.96. The molecule has 0 radical (unpaired) electrons. The molecule has 3 rings (SSSR count). The third-order valence-electron chi connectivity index (χ3n) is 3.49. The fourth-order valence-corrected chi connectivity index (χ4v) is 3.29. The highest BCUT2D eigenvalue weighted by molar-refractivity contribution is 8.04. The molecule has 1 aromatic carbocycles. The monoisotopic (exact) mass is 347 g/mol. The Morgan fingerprint density at radius 3 is 2.50 bits per heavy atom. The fraction of sp³-hybridized carbons (Fsp3) is 0.176. The predicted molar refractivity (Wildman–Crippen MR) is 87.1 cm³/mol. The lowest BCUT2D eigenvalue weighted by Gasteiger charge is -2.13. The Hall–Kier alpha value is -2.38. The van der Waals surface area contributed by atoms with Gasteiger partial charge in [-0.1, -0.05) is 12.1 Å². The molecule has 2 amide bonds. The molecule has 7 heteroatoms. The van der Waals surface area contributed by atoms with Crippen LogP contribution in [0.25, 0.3) is 5.57 Å². The van der Waals surface area contributed by atoms with Crippen molar-refractivity contribution in [3.63, 3.8) is 0 Å². The van der Waals surface area contributed by atoms with E-state index in [-0.39, 0.29) is 29.4 Å². The Morgan fingerprint density at radius 2 is 1.88 bits per heavy atom. The molecule has 0 spiro atoms. The number of aliphatic hydroxyl groups is 1. The van der Waals surface area contributed by atoms with Crippen LogP contribution in [0.3, 0.4) is 0 Å². The van der Waals surface area contributed by atoms with Gasteiger partial charge in [0.05, 0.1) is 29.9 Å². The number of carbonyl (C=O) groups excluding carboxylic acids is 2. The van der Waals surface area contributed by atoms with E-state index in [2.05, 4.69) is 0 Å². The predicted octanol–water partition coefficient (Wildman–Crippen LogP) is 2.42. The molecule has 2 aromatic rings. The molecule has 0 atom stereocenters. The largest absolute Gasteiger partial charge is 0.467 e. The minimum absolute atomic E-state index is 0.0263. The lowest BCUT2D eigenvalue weighted by molar-refractivity contribution is -0.137. The van der Waals surface area contributed by atoms with Crippen molar-refractivity contribution >= 4 is 29.1 Å². The average Bonchev–Trinajstić information content (AvgIpc) is 3.16. The summed E-state index contributed by atoms with van der Waals surface area (Å²) in [5.74, 6) is -0.539. The highest BCUT2D eigenvalue weighted by Gasteiger charge is 2.39. The SMILES string of the molecule is O=C1C(SCCO)=C(c2ccc(F)cc2)C(=O)N1Cc1ccco1. The fourth-order valence-electron chi connectivity index (χ4n) is 2.41. The zero-order valence-corrected chi connectivity index (χ0v) is 13.4. The smallest absolute Gasteiger partial charge is 0.268 e. The van der Waals surface area contributed by atoms with Gasteiger partial charge in [0, 0.05) is 5.75 Å². The number of carbonyl (C=O) groups is 2. The first kappa shape index (κ1) is 16.5. The van der Waals surface area contributed by atoms with Crippen LogP contribution in [0, 0.1) is 5.82 Å². The quantitative estimate of drug-likeness (QED) is 0.813. The van der Waals surface area contributed by atoms with Gasteiger partial charge >= 0.3 is 0 Å². The van der Waals surface area contributed by atoms with Crippen LogP contribution in [0.4, 0.5) is 4.39 Å². The minimum Gasteiger partial charge on any atom is -0.467 e. The van der Waals surface area contributed by atoms with Crippen LogP contribution in [0.5, 0.6) is 0 Å². The normalized spacial score (nSPS) is 14.8. The average molecular weight is 347 g/mol. The van der Waals surface area contributed by atoms with E-state index in [1.165, 1.54) is 30.5 Å². The molecule has 0 unspecified atom stereocenters. The molecule has 0 saturated carbocycles. The molecule has 0 bridgehead atoms. The molecule has 1 aliphatic heterocycles. The van der Waals surface area contributed by atoms with Crippen molar-refractivity contribution in [2.75, 3.05) is 12.4 Å². The molecule has 124 valence electrons. The highest BCUT2D eigenvalue weighted by Crippen LogP contribution is 2.36. The highest BCUT2D eigenvalue weighted by atomic mass is 32.2. The minimum atomic E-state index is -0.455. The number of hydrogen-bond donors (Lipinski definition) is 1. The maximum atomic E-state index is 13.1. The maximum Gasteiger partial charge on any atom is 0.268 e. The Kier molecular flexibility index (Phi) is 4.82. The molecule has 1 N–H and O–H groups in total. The van der Waals surface area contributed by atoms with Crippen LogP contribution in [0.15, 0.2) is 52.0 Å². The van der Waals surface area contributed by atoms with E-state index in [1.807, 2.05) is 0 Å². The molecule has 0 aliphatic carbocycles. The number of benzene rings is 1. The summed E-state index contributed by atoms with van der Waals surface area (Å²) in [6.45, 7) is -0.0942. The van der Waals surface area contributed by atoms with E-state index in [0.717, 1.165) is 16.7 Å². The second kappa shape index (κ2) is 7.02. The van der Waals surface area contributed by atoms with Gasteiger partial charge in [-0.2, -0.15) is 0 Å². The van der Waals surface area contributed by atoms with Gasteiger partial charge in [0.1, 0.15) is 11.6 Å². The van der Waals surface area contributed by atoms with Gasteiger partial charge < -0.3 is 9.52 Å². The number of amides is 2. The van der Waals surface area contributed by atoms with Crippen LogP contribution >= 0.6 is 11.8 Å². The van der Waals surface area contributed by atoms with Gasteiger partial charge in [0.2, 0.25) is 0 Å². The van der Waals surface area contributed by atoms with E-state index < -0.39 is 17.6 Å². The van der Waals surface area contributed by atoms with E-state index in [1.54, 1.807) is 12.1 Å². The van der Waals surface area contributed by atoms with Gasteiger partial charge in [-0.25, -0.2) is 4.39 Å². The number of rotatable bonds is 6. The summed E-state index contributed by atoms with van der Waals surface area (Å²) in [5.41, 5.74) is 0.696. The van der Waals surface area contributed by atoms with E-state index in [4.69, 9.17) is 9.52 Å². The van der Waals surface area contributed by atoms with Crippen molar-refractivity contribution in [2.24, 2.45) is 0 Å². The van der Waals surface area contributed by atoms with Crippen LogP contribution in [-0.2, 0) is 16.1 Å². The number of thioether (sulfide) groups is 1. The summed E-state index contributed by atoms with van der Waals surface area (Å²) in [7, 11) is 0. The second-order valence-corrected chi connectivity index (χ2v) is 6.16. The lowest BCUT2D eigenvalue weighted by atomic mass is 10.1. The molecule has 0 fully saturated rings. The van der Waals surface area contributed by atoms with Gasteiger partial charge in [0.15, 0.2) is 0 Å². The van der Waals surface area contributed by atoms with Crippen LogP contribution in [-0.4, -0.2) is 34.2 Å². The summed E-state index contributed by atoms with van der Waals surface area (Å²) in [4.78, 5) is 26.7. The number of hydrogen-bond acceptors (Lipinski definition) is 5. The lowest BCUT2D eigenvalue weighted by Crippen LogP contribution is -2.30. The first-order chi connectivity index (χ1) is 11.6. The molecule has 2 heterocycles. The number of nitrogens with zero attached hydrogens (tertiary/aromatic N) is 1. The van der Waals surface area contributed by atoms with Crippen LogP contribution in [0.1, 0.15) is 11.3 Å². The summed E-state index contributed by atoms with van der Waals surface area (Å²) in [6.07, 6.45) is 1.47. The number of furan rings is 1. The Morgan fingerprint density at radius 1 is 1.12 bits per heavy atom. The van der Waals surface area contributed by atoms with E-state index >= 15 is 0 Å². The third kappa shape index (κ3) is 3.13. The topological polar surface area (TPSA) is 70.8 Å². The van der Waals surface area contributed by atoms with E-state index in [9.17, 15) is 14.0 Å². The number of halogens is 1. The zero-order chi connectivity index (χ0) is 17.1. The van der Waals surface area contributed by atoms with Crippen molar-refractivity contribution in [1.82, 2.24) is 4.90 Å².